The highest BCUT2D eigenvalue weighted by Crippen LogP contribution is 2.20. The number of piperazine rings is 1. The van der Waals surface area contributed by atoms with Crippen LogP contribution in [0, 0.1) is 0 Å². The Morgan fingerprint density at radius 2 is 2.04 bits per heavy atom. The molecule has 1 amide bonds. The molecule has 150 valence electrons. The number of nitrogens with one attached hydrogen (secondary N) is 1. The molecule has 1 aromatic heterocycles. The summed E-state index contributed by atoms with van der Waals surface area (Å²) in [5, 5.41) is 3.20. The fraction of sp³-hybridized carbons (Fsp3) is 0.381. The van der Waals surface area contributed by atoms with Crippen LogP contribution in [-0.2, 0) is 4.79 Å². The van der Waals surface area contributed by atoms with E-state index >= 15 is 0 Å². The fourth-order valence-corrected chi connectivity index (χ4v) is 2.87. The molecule has 0 spiro atoms. The lowest BCUT2D eigenvalue weighted by Gasteiger charge is -2.36. The molecule has 2 rings (SSSR count). The molecule has 0 aliphatic carbocycles. The number of anilines is 1. The lowest BCUT2D eigenvalue weighted by atomic mass is 10.2. The number of carbonyl (C=O) groups is 1. The van der Waals surface area contributed by atoms with Crippen LogP contribution in [0.3, 0.4) is 0 Å². The number of rotatable bonds is 7. The molecule has 0 saturated carbocycles. The van der Waals surface area contributed by atoms with Gasteiger partial charge in [0.1, 0.15) is 6.17 Å². The van der Waals surface area contributed by atoms with E-state index in [0.29, 0.717) is 55.5 Å². The number of hydrogen-bond acceptors (Lipinski definition) is 4. The molecule has 1 fully saturated rings. The van der Waals surface area contributed by atoms with E-state index in [1.807, 2.05) is 13.0 Å². The smallest absolute Gasteiger partial charge is 0.246 e. The van der Waals surface area contributed by atoms with Crippen LogP contribution in [0.1, 0.15) is 32.1 Å². The van der Waals surface area contributed by atoms with E-state index in [9.17, 15) is 9.18 Å². The summed E-state index contributed by atoms with van der Waals surface area (Å²) in [7, 11) is 0. The highest BCUT2D eigenvalue weighted by atomic mass is 19.1. The van der Waals surface area contributed by atoms with Gasteiger partial charge in [0.2, 0.25) is 5.91 Å². The topological polar surface area (TPSA) is 60.8 Å². The van der Waals surface area contributed by atoms with Crippen molar-refractivity contribution in [3.05, 3.63) is 61.2 Å². The number of carbonyl (C=O) groups excluding carboxylic acids is 1. The van der Waals surface area contributed by atoms with E-state index in [1.165, 1.54) is 6.08 Å². The number of aliphatic imine (C=N–C) groups is 1. The van der Waals surface area contributed by atoms with Crippen LogP contribution in [0.5, 0.6) is 0 Å². The van der Waals surface area contributed by atoms with Gasteiger partial charge in [0.15, 0.2) is 5.84 Å². The van der Waals surface area contributed by atoms with Gasteiger partial charge < -0.3 is 15.1 Å². The third-order valence-electron chi connectivity index (χ3n) is 4.44. The molecule has 1 aromatic rings. The van der Waals surface area contributed by atoms with Crippen molar-refractivity contribution in [1.29, 1.82) is 0 Å². The number of alkyl halides is 1. The van der Waals surface area contributed by atoms with E-state index < -0.39 is 6.17 Å². The van der Waals surface area contributed by atoms with E-state index in [1.54, 1.807) is 36.4 Å². The number of amides is 1. The summed E-state index contributed by atoms with van der Waals surface area (Å²) in [5.74, 6) is 0.637. The zero-order chi connectivity index (χ0) is 20.5. The third kappa shape index (κ3) is 5.52. The van der Waals surface area contributed by atoms with Crippen molar-refractivity contribution in [3.8, 4) is 0 Å². The van der Waals surface area contributed by atoms with Gasteiger partial charge in [0.25, 0.3) is 0 Å². The molecule has 7 heteroatoms. The minimum Gasteiger partial charge on any atom is -0.352 e. The molecule has 1 N–H and O–H groups in total. The second kappa shape index (κ2) is 10.4. The molecule has 1 saturated heterocycles. The lowest BCUT2D eigenvalue weighted by molar-refractivity contribution is -0.127. The van der Waals surface area contributed by atoms with Crippen molar-refractivity contribution in [2.24, 2.45) is 4.99 Å². The normalized spacial score (nSPS) is 16.2. The van der Waals surface area contributed by atoms with E-state index in [0.717, 1.165) is 0 Å². The summed E-state index contributed by atoms with van der Waals surface area (Å²) in [6.07, 6.45) is 5.82. The predicted molar refractivity (Wildman–Crippen MR) is 112 cm³/mol. The Morgan fingerprint density at radius 3 is 2.57 bits per heavy atom. The maximum Gasteiger partial charge on any atom is 0.246 e. The van der Waals surface area contributed by atoms with Gasteiger partial charge in [0.05, 0.1) is 23.3 Å². The predicted octanol–water partition coefficient (Wildman–Crippen LogP) is 3.69. The average molecular weight is 385 g/mol. The van der Waals surface area contributed by atoms with Crippen LogP contribution in [-0.4, -0.2) is 52.7 Å². The van der Waals surface area contributed by atoms with Crippen LogP contribution in [0.2, 0.25) is 0 Å². The highest BCUT2D eigenvalue weighted by molar-refractivity contribution is 6.00. The number of hydrogen-bond donors (Lipinski definition) is 1. The summed E-state index contributed by atoms with van der Waals surface area (Å²) >= 11 is 0. The van der Waals surface area contributed by atoms with Crippen LogP contribution in [0.25, 0.3) is 0 Å². The van der Waals surface area contributed by atoms with Gasteiger partial charge in [-0.05, 0) is 31.6 Å². The van der Waals surface area contributed by atoms with Crippen molar-refractivity contribution in [1.82, 2.24) is 14.8 Å². The quantitative estimate of drug-likeness (QED) is 0.442. The molecule has 1 aliphatic heterocycles. The Kier molecular flexibility index (Phi) is 7.92. The average Bonchev–Trinajstić information content (AvgIpc) is 2.73. The number of allylic oxidation sites excluding steroid dienone is 1. The van der Waals surface area contributed by atoms with Crippen LogP contribution in [0.4, 0.5) is 10.1 Å². The lowest BCUT2D eigenvalue weighted by Crippen LogP contribution is -2.51. The maximum absolute atomic E-state index is 13.7. The second-order valence-corrected chi connectivity index (χ2v) is 6.40. The van der Waals surface area contributed by atoms with Gasteiger partial charge in [0, 0.05) is 32.4 Å². The number of nitrogens with zero attached hydrogens (tertiary/aromatic N) is 4. The van der Waals surface area contributed by atoms with E-state index in [-0.39, 0.29) is 5.91 Å². The molecule has 1 atom stereocenters. The highest BCUT2D eigenvalue weighted by Gasteiger charge is 2.23. The van der Waals surface area contributed by atoms with Gasteiger partial charge in [-0.3, -0.25) is 9.78 Å². The Labute approximate surface area is 166 Å². The number of pyridine rings is 1. The zero-order valence-corrected chi connectivity index (χ0v) is 16.6. The molecule has 1 aliphatic rings. The molecule has 2 heterocycles. The maximum atomic E-state index is 13.7. The molecular weight excluding hydrogens is 357 g/mol. The molecular formula is C21H28FN5O. The van der Waals surface area contributed by atoms with E-state index in [4.69, 9.17) is 0 Å². The number of halogens is 1. The van der Waals surface area contributed by atoms with Crippen molar-refractivity contribution in [3.63, 3.8) is 0 Å². The minimum absolute atomic E-state index is 0.0621. The van der Waals surface area contributed by atoms with Gasteiger partial charge in [-0.25, -0.2) is 9.38 Å². The number of aromatic nitrogens is 1. The molecule has 0 aromatic carbocycles. The minimum atomic E-state index is -1.06. The fourth-order valence-electron chi connectivity index (χ4n) is 2.87. The summed E-state index contributed by atoms with van der Waals surface area (Å²) in [6, 6.07) is 3.45. The van der Waals surface area contributed by atoms with Gasteiger partial charge in [-0.1, -0.05) is 26.2 Å². The second-order valence-electron chi connectivity index (χ2n) is 6.40. The van der Waals surface area contributed by atoms with Crippen molar-refractivity contribution < 1.29 is 9.18 Å². The first kappa shape index (κ1) is 21.3. The molecule has 0 bridgehead atoms. The van der Waals surface area contributed by atoms with Crippen LogP contribution >= 0.6 is 0 Å². The molecule has 28 heavy (non-hydrogen) atoms. The Bertz CT molecular complexity index is 749. The van der Waals surface area contributed by atoms with Crippen LogP contribution in [0.15, 0.2) is 60.5 Å². The summed E-state index contributed by atoms with van der Waals surface area (Å²) in [5.41, 5.74) is 1.75. The van der Waals surface area contributed by atoms with Crippen LogP contribution < -0.4 is 5.32 Å². The first-order valence-corrected chi connectivity index (χ1v) is 9.41. The summed E-state index contributed by atoms with van der Waals surface area (Å²) in [6.45, 7) is 13.8. The number of amidine groups is 1. The van der Waals surface area contributed by atoms with Crippen molar-refractivity contribution >= 4 is 17.4 Å². The third-order valence-corrected chi connectivity index (χ3v) is 4.44. The van der Waals surface area contributed by atoms with Crippen molar-refractivity contribution in [2.75, 3.05) is 31.5 Å². The monoisotopic (exact) mass is 385 g/mol. The van der Waals surface area contributed by atoms with Crippen molar-refractivity contribution in [2.45, 2.75) is 26.4 Å². The molecule has 1 unspecified atom stereocenters. The SMILES string of the molecule is C=CC(=O)N1CCN(C(=N/C=C\C)C(=C)Nc2ccc(C(F)CC)nc2)CC1. The Hall–Kier alpha value is -2.96. The van der Waals surface area contributed by atoms with Gasteiger partial charge in [-0.15, -0.1) is 0 Å². The van der Waals surface area contributed by atoms with E-state index in [2.05, 4.69) is 33.4 Å². The summed E-state index contributed by atoms with van der Waals surface area (Å²) in [4.78, 5) is 24.3. The molecule has 0 radical (unpaired) electrons. The van der Waals surface area contributed by atoms with Gasteiger partial charge >= 0.3 is 0 Å². The standard InChI is InChI=1S/C21H28FN5O/c1-5-10-23-21(27-13-11-26(12-14-27)20(28)7-3)16(4)25-17-8-9-19(24-15-17)18(22)6-2/h5,7-10,15,18,25H,3-4,6,11-14H2,1-2H3/b10-5-,23-21?. The largest absolute Gasteiger partial charge is 0.352 e. The zero-order valence-electron chi connectivity index (χ0n) is 16.6. The Morgan fingerprint density at radius 1 is 1.36 bits per heavy atom. The molecule has 6 nitrogen and oxygen atoms in total. The summed E-state index contributed by atoms with van der Waals surface area (Å²) < 4.78 is 13.7. The van der Waals surface area contributed by atoms with Gasteiger partial charge in [-0.2, -0.15) is 0 Å². The first-order chi connectivity index (χ1) is 13.5. The first-order valence-electron chi connectivity index (χ1n) is 9.41. The Balaban J connectivity index is 2.08.